The van der Waals surface area contributed by atoms with Gasteiger partial charge in [0.2, 0.25) is 0 Å². The molecule has 0 bridgehead atoms. The number of nitrogens with zero attached hydrogens (tertiary/aromatic N) is 9. The van der Waals surface area contributed by atoms with Crippen molar-refractivity contribution in [2.75, 3.05) is 44.2 Å². The lowest BCUT2D eigenvalue weighted by Crippen LogP contribution is -2.40. The van der Waals surface area contributed by atoms with Gasteiger partial charge in [-0.25, -0.2) is 15.0 Å². The van der Waals surface area contributed by atoms with Crippen LogP contribution in [-0.4, -0.2) is 90.7 Å². The minimum Gasteiger partial charge on any atom is -0.488 e. The van der Waals surface area contributed by atoms with Crippen molar-refractivity contribution in [2.24, 2.45) is 0 Å². The summed E-state index contributed by atoms with van der Waals surface area (Å²) in [6.07, 6.45) is 16.4. The van der Waals surface area contributed by atoms with Crippen LogP contribution in [0.3, 0.4) is 0 Å². The van der Waals surface area contributed by atoms with E-state index in [0.29, 0.717) is 0 Å². The van der Waals surface area contributed by atoms with E-state index < -0.39 is 0 Å². The Morgan fingerprint density at radius 2 is 0.639 bits per heavy atom. The summed E-state index contributed by atoms with van der Waals surface area (Å²) in [5.41, 5.74) is 14.2. The number of hydrogen-bond acceptors (Lipinski definition) is 11. The number of hydrogen-bond donors (Lipinski definition) is 4. The molecule has 10 aromatic rings. The van der Waals surface area contributed by atoms with Crippen molar-refractivity contribution < 1.29 is 9.47 Å². The van der Waals surface area contributed by atoms with Crippen LogP contribution < -0.4 is 40.5 Å². The van der Waals surface area contributed by atoms with E-state index in [1.165, 1.54) is 55.4 Å². The molecule has 0 fully saturated rings. The zero-order valence-corrected chi connectivity index (χ0v) is 73.9. The molecule has 12 rings (SSSR count). The Hall–Kier alpha value is -8.33. The average Bonchev–Trinajstić information content (AvgIpc) is 1.68. The van der Waals surface area contributed by atoms with Gasteiger partial charge in [0.15, 0.2) is 0 Å². The van der Waals surface area contributed by atoms with Crippen molar-refractivity contribution in [1.29, 1.82) is 0 Å². The van der Waals surface area contributed by atoms with Crippen LogP contribution in [-0.2, 0) is 35.0 Å². The van der Waals surface area contributed by atoms with E-state index in [1.54, 1.807) is 6.20 Å². The normalized spacial score (nSPS) is 13.9. The van der Waals surface area contributed by atoms with Crippen LogP contribution >= 0.6 is 0 Å². The van der Waals surface area contributed by atoms with Crippen molar-refractivity contribution >= 4 is 78.1 Å². The second-order valence-electron chi connectivity index (χ2n) is 41.8. The number of pyridine rings is 3. The topological polar surface area (TPSA) is 131 Å². The second-order valence-corrected chi connectivity index (χ2v) is 41.8. The monoisotopic (exact) mass is 1470 g/mol. The van der Waals surface area contributed by atoms with Gasteiger partial charge in [-0.05, 0) is 370 Å². The number of rotatable bonds is 6. The fourth-order valence-corrected chi connectivity index (χ4v) is 13.4. The number of fused-ring (bicyclic) bond motifs is 6. The standard InChI is InChI=1S/C16H26N2.C16H24N2.C16H23NO.C15H25N3.C15H23N3.C15H22N2O/c2*1-15(2,3)17-13-7-8-14-12(11-13)9-10-18(14)16(4,5)6;1-15(2,3)17-10-9-12-11-13(7-8-14(12)17)18-16(4,5)6;2*1-14(2,3)17-12-9-11-7-8-18(15(4,5)6)13(11)16-10-12;1-14(2,3)17-8-7-11-9-12(10-16-13(11)17)18-15(4,5)6/h7-8,11,17H,9-10H2,1-6H3;7-11,17H,1-6H3;7-11H,1-6H3;9-10,17H,7-8H2,1-6H3;7-10,17H,1-6H3;7-10H,1-6H3. The van der Waals surface area contributed by atoms with Crippen molar-refractivity contribution in [1.82, 2.24) is 33.2 Å². The van der Waals surface area contributed by atoms with Gasteiger partial charge in [0.05, 0.1) is 30.0 Å². The van der Waals surface area contributed by atoms with Crippen molar-refractivity contribution in [2.45, 2.75) is 329 Å². The highest BCUT2D eigenvalue weighted by atomic mass is 16.5. The Kier molecular flexibility index (Phi) is 25.7. The Labute approximate surface area is 653 Å². The maximum absolute atomic E-state index is 5.90. The first-order valence-corrected chi connectivity index (χ1v) is 39.4. The molecule has 15 nitrogen and oxygen atoms in total. The molecule has 0 aliphatic carbocycles. The third kappa shape index (κ3) is 25.4. The first kappa shape index (κ1) is 86.9. The van der Waals surface area contributed by atoms with E-state index >= 15 is 0 Å². The molecule has 0 unspecified atom stereocenters. The number of aromatic nitrogens is 7. The Morgan fingerprint density at radius 3 is 1.10 bits per heavy atom. The maximum atomic E-state index is 5.90. The molecule has 15 heteroatoms. The molecule has 592 valence electrons. The lowest BCUT2D eigenvalue weighted by molar-refractivity contribution is 0.130. The number of anilines is 6. The van der Waals surface area contributed by atoms with Gasteiger partial charge in [0, 0.05) is 143 Å². The molecular formula is C93H143N13O2. The molecule has 0 spiro atoms. The van der Waals surface area contributed by atoms with E-state index in [0.717, 1.165) is 71.3 Å². The first-order valence-electron chi connectivity index (χ1n) is 39.4. The summed E-state index contributed by atoms with van der Waals surface area (Å²) in [7, 11) is 0. The summed E-state index contributed by atoms with van der Waals surface area (Å²) >= 11 is 0. The van der Waals surface area contributed by atoms with Gasteiger partial charge < -0.3 is 58.8 Å². The van der Waals surface area contributed by atoms with Crippen molar-refractivity contribution in [3.8, 4) is 11.5 Å². The minimum absolute atomic E-state index is 0.0428. The third-order valence-corrected chi connectivity index (χ3v) is 17.6. The summed E-state index contributed by atoms with van der Waals surface area (Å²) in [5, 5.41) is 18.8. The Balaban J connectivity index is 0.000000180. The van der Waals surface area contributed by atoms with Crippen LogP contribution in [0, 0.1) is 0 Å². The molecule has 0 atom stereocenters. The summed E-state index contributed by atoms with van der Waals surface area (Å²) in [6, 6.07) is 34.7. The molecule has 2 aliphatic heterocycles. The van der Waals surface area contributed by atoms with Crippen LogP contribution in [0.5, 0.6) is 11.5 Å². The number of benzene rings is 3. The van der Waals surface area contributed by atoms with E-state index in [1.807, 2.05) is 33.2 Å². The molecule has 7 aromatic heterocycles. The lowest BCUT2D eigenvalue weighted by atomic mass is 10.0. The lowest BCUT2D eigenvalue weighted by Gasteiger charge is -2.34. The van der Waals surface area contributed by atoms with Crippen LogP contribution in [0.2, 0.25) is 0 Å². The van der Waals surface area contributed by atoms with Crippen LogP contribution in [0.25, 0.3) is 43.9 Å². The molecule has 2 aliphatic rings. The van der Waals surface area contributed by atoms with Crippen LogP contribution in [0.4, 0.5) is 34.3 Å². The summed E-state index contributed by atoms with van der Waals surface area (Å²) in [6.45, 7) is 80.6. The fraction of sp³-hybridized carbons (Fsp3) is 0.559. The predicted octanol–water partition coefficient (Wildman–Crippen LogP) is 24.7. The Morgan fingerprint density at radius 1 is 0.296 bits per heavy atom. The molecular weight excluding hydrogens is 1330 g/mol. The molecule has 0 saturated heterocycles. The van der Waals surface area contributed by atoms with E-state index in [9.17, 15) is 0 Å². The minimum atomic E-state index is -0.193. The van der Waals surface area contributed by atoms with E-state index in [-0.39, 0.29) is 66.6 Å². The molecule has 0 saturated carbocycles. The third-order valence-electron chi connectivity index (χ3n) is 17.6. The maximum Gasteiger partial charge on any atom is 0.140 e. The fourth-order valence-electron chi connectivity index (χ4n) is 13.4. The van der Waals surface area contributed by atoms with Crippen molar-refractivity contribution in [3.63, 3.8) is 0 Å². The molecule has 4 N–H and O–H groups in total. The molecule has 0 radical (unpaired) electrons. The predicted molar refractivity (Wildman–Crippen MR) is 470 cm³/mol. The molecule has 0 amide bonds. The summed E-state index contributed by atoms with van der Waals surface area (Å²) < 4.78 is 20.7. The van der Waals surface area contributed by atoms with Gasteiger partial charge in [-0.3, -0.25) is 0 Å². The zero-order chi connectivity index (χ0) is 81.3. The largest absolute Gasteiger partial charge is 0.488 e. The van der Waals surface area contributed by atoms with Gasteiger partial charge in [-0.1, -0.05) is 0 Å². The van der Waals surface area contributed by atoms with Gasteiger partial charge in [-0.2, -0.15) is 0 Å². The zero-order valence-electron chi connectivity index (χ0n) is 73.9. The van der Waals surface area contributed by atoms with E-state index in [4.69, 9.17) is 9.47 Å². The number of ether oxygens (including phenoxy) is 2. The molecule has 3 aromatic carbocycles. The van der Waals surface area contributed by atoms with Crippen molar-refractivity contribution in [3.05, 3.63) is 152 Å². The van der Waals surface area contributed by atoms with E-state index in [2.05, 4.69) is 415 Å². The first-order chi connectivity index (χ1) is 49.0. The summed E-state index contributed by atoms with van der Waals surface area (Å²) in [4.78, 5) is 18.7. The summed E-state index contributed by atoms with van der Waals surface area (Å²) in [5.74, 6) is 2.91. The van der Waals surface area contributed by atoms with Gasteiger partial charge in [-0.15, -0.1) is 0 Å². The van der Waals surface area contributed by atoms with Gasteiger partial charge in [0.25, 0.3) is 0 Å². The average molecular weight is 1480 g/mol. The highest BCUT2D eigenvalue weighted by Gasteiger charge is 2.32. The Bertz CT molecular complexity index is 4100. The van der Waals surface area contributed by atoms with Crippen LogP contribution in [0.15, 0.2) is 140 Å². The molecule has 108 heavy (non-hydrogen) atoms. The quantitative estimate of drug-likeness (QED) is 0.127. The molecule has 9 heterocycles. The van der Waals surface area contributed by atoms with Gasteiger partial charge >= 0.3 is 0 Å². The number of nitrogens with one attached hydrogen (secondary N) is 4. The smallest absolute Gasteiger partial charge is 0.140 e. The van der Waals surface area contributed by atoms with Crippen LogP contribution in [0.1, 0.15) is 260 Å². The highest BCUT2D eigenvalue weighted by molar-refractivity contribution is 5.85. The highest BCUT2D eigenvalue weighted by Crippen LogP contribution is 2.38. The SMILES string of the molecule is CC(C)(C)Nc1ccc2c(c1)CCN2C(C)(C)C.CC(C)(C)Nc1ccc2c(ccn2C(C)(C)C)c1.CC(C)(C)Nc1cnc2c(c1)CCN2C(C)(C)C.CC(C)(C)Nc1cnc2c(ccn2C(C)(C)C)c1.CC(C)(C)Oc1ccc2c(ccn2C(C)(C)C)c1.CC(C)(C)Oc1cnc2c(ccn2C(C)(C)C)c1. The van der Waals surface area contributed by atoms with Gasteiger partial charge in [0.1, 0.15) is 39.8 Å². The second kappa shape index (κ2) is 31.9.